The number of benzene rings is 1. The Hall–Kier alpha value is -1.82. The Morgan fingerprint density at radius 1 is 1.20 bits per heavy atom. The lowest BCUT2D eigenvalue weighted by Crippen LogP contribution is -2.04. The van der Waals surface area contributed by atoms with Crippen LogP contribution in [0.3, 0.4) is 0 Å². The number of hydrogen-bond acceptors (Lipinski definition) is 3. The number of ether oxygens (including phenoxy) is 1. The molecule has 0 saturated carbocycles. The maximum Gasteiger partial charge on any atom is 0.233 e. The highest BCUT2D eigenvalue weighted by atomic mass is 79.9. The average Bonchev–Trinajstić information content (AvgIpc) is 2.89. The van der Waals surface area contributed by atoms with Crippen LogP contribution in [0.5, 0.6) is 5.75 Å². The molecule has 104 valence electrons. The molecule has 3 aromatic rings. The molecule has 5 nitrogen and oxygen atoms in total. The largest absolute Gasteiger partial charge is 0.486 e. The number of rotatable bonds is 3. The van der Waals surface area contributed by atoms with Crippen LogP contribution in [0.2, 0.25) is 0 Å². The van der Waals surface area contributed by atoms with Gasteiger partial charge in [-0.1, -0.05) is 17.7 Å². The minimum absolute atomic E-state index is 0.411. The first-order valence-electron chi connectivity index (χ1n) is 6.32. The van der Waals surface area contributed by atoms with Gasteiger partial charge in [-0.15, -0.1) is 5.10 Å². The van der Waals surface area contributed by atoms with Gasteiger partial charge in [0.15, 0.2) is 5.82 Å². The predicted molar refractivity (Wildman–Crippen MR) is 79.9 cm³/mol. The number of aromatic nitrogens is 4. The topological polar surface area (TPSA) is 44.4 Å². The molecule has 0 unspecified atom stereocenters. The molecule has 1 aromatic carbocycles. The van der Waals surface area contributed by atoms with Crippen molar-refractivity contribution in [3.63, 3.8) is 0 Å². The highest BCUT2D eigenvalue weighted by molar-refractivity contribution is 9.10. The molecular weight excluding hydrogens is 320 g/mol. The third kappa shape index (κ3) is 2.20. The van der Waals surface area contributed by atoms with Crippen molar-refractivity contribution < 1.29 is 4.74 Å². The molecule has 0 aliphatic rings. The average molecular weight is 335 g/mol. The molecule has 20 heavy (non-hydrogen) atoms. The lowest BCUT2D eigenvalue weighted by Gasteiger charge is -2.05. The van der Waals surface area contributed by atoms with Crippen molar-refractivity contribution in [3.8, 4) is 5.75 Å². The molecule has 2 aromatic heterocycles. The molecule has 0 aliphatic carbocycles. The molecule has 0 bridgehead atoms. The maximum atomic E-state index is 5.76. The van der Waals surface area contributed by atoms with Crippen LogP contribution < -0.4 is 4.74 Å². The molecule has 0 spiro atoms. The second kappa shape index (κ2) is 4.94. The SMILES string of the molecule is Cc1ccc(OCc2nn3c(Br)c(C)nc3n2C)cc1. The third-order valence-corrected chi connectivity index (χ3v) is 4.14. The van der Waals surface area contributed by atoms with Gasteiger partial charge in [-0.3, -0.25) is 4.57 Å². The minimum Gasteiger partial charge on any atom is -0.486 e. The van der Waals surface area contributed by atoms with E-state index in [9.17, 15) is 0 Å². The Labute approximate surface area is 125 Å². The van der Waals surface area contributed by atoms with E-state index in [-0.39, 0.29) is 0 Å². The van der Waals surface area contributed by atoms with Gasteiger partial charge in [0.2, 0.25) is 5.78 Å². The Balaban J connectivity index is 1.84. The smallest absolute Gasteiger partial charge is 0.233 e. The summed E-state index contributed by atoms with van der Waals surface area (Å²) in [5.41, 5.74) is 2.14. The molecule has 2 heterocycles. The highest BCUT2D eigenvalue weighted by Gasteiger charge is 2.14. The molecule has 0 amide bonds. The van der Waals surface area contributed by atoms with Crippen LogP contribution >= 0.6 is 15.9 Å². The van der Waals surface area contributed by atoms with E-state index in [0.717, 1.165) is 27.6 Å². The fourth-order valence-corrected chi connectivity index (χ4v) is 2.32. The molecule has 0 saturated heterocycles. The van der Waals surface area contributed by atoms with E-state index in [1.165, 1.54) is 5.56 Å². The Kier molecular flexibility index (Phi) is 3.25. The zero-order valence-electron chi connectivity index (χ0n) is 11.6. The van der Waals surface area contributed by atoms with Gasteiger partial charge in [-0.25, -0.2) is 4.98 Å². The normalized spacial score (nSPS) is 11.2. The first-order valence-corrected chi connectivity index (χ1v) is 7.11. The van der Waals surface area contributed by atoms with Crippen molar-refractivity contribution in [1.29, 1.82) is 0 Å². The lowest BCUT2D eigenvalue weighted by molar-refractivity contribution is 0.291. The van der Waals surface area contributed by atoms with E-state index in [2.05, 4.69) is 32.9 Å². The van der Waals surface area contributed by atoms with Crippen molar-refractivity contribution in [2.45, 2.75) is 20.5 Å². The van der Waals surface area contributed by atoms with Crippen LogP contribution in [-0.4, -0.2) is 19.2 Å². The number of halogens is 1. The Bertz CT molecular complexity index is 758. The van der Waals surface area contributed by atoms with Crippen LogP contribution in [0.4, 0.5) is 0 Å². The van der Waals surface area contributed by atoms with Gasteiger partial charge in [0, 0.05) is 7.05 Å². The van der Waals surface area contributed by atoms with Gasteiger partial charge in [0.1, 0.15) is 17.0 Å². The van der Waals surface area contributed by atoms with E-state index in [1.54, 1.807) is 4.52 Å². The van der Waals surface area contributed by atoms with E-state index in [4.69, 9.17) is 4.74 Å². The molecule has 3 rings (SSSR count). The van der Waals surface area contributed by atoms with E-state index < -0.39 is 0 Å². The lowest BCUT2D eigenvalue weighted by atomic mass is 10.2. The summed E-state index contributed by atoms with van der Waals surface area (Å²) in [5.74, 6) is 2.47. The molecule has 0 radical (unpaired) electrons. The summed E-state index contributed by atoms with van der Waals surface area (Å²) in [6.45, 7) is 4.41. The van der Waals surface area contributed by atoms with Crippen molar-refractivity contribution >= 4 is 21.7 Å². The van der Waals surface area contributed by atoms with Crippen molar-refractivity contribution in [2.24, 2.45) is 7.05 Å². The quantitative estimate of drug-likeness (QED) is 0.739. The van der Waals surface area contributed by atoms with Gasteiger partial charge in [0.25, 0.3) is 0 Å². The molecule has 6 heteroatoms. The summed E-state index contributed by atoms with van der Waals surface area (Å²) in [6, 6.07) is 7.98. The van der Waals surface area contributed by atoms with E-state index >= 15 is 0 Å². The third-order valence-electron chi connectivity index (χ3n) is 3.23. The highest BCUT2D eigenvalue weighted by Crippen LogP contribution is 2.19. The van der Waals surface area contributed by atoms with E-state index in [1.807, 2.05) is 42.8 Å². The summed E-state index contributed by atoms with van der Waals surface area (Å²) in [4.78, 5) is 4.46. The summed E-state index contributed by atoms with van der Waals surface area (Å²) in [7, 11) is 1.94. The molecule has 0 atom stereocenters. The summed E-state index contributed by atoms with van der Waals surface area (Å²) in [5, 5.41) is 4.51. The molecule has 0 fully saturated rings. The maximum absolute atomic E-state index is 5.76. The minimum atomic E-state index is 0.411. The standard InChI is InChI=1S/C14H15BrN4O/c1-9-4-6-11(7-5-9)20-8-12-17-19-13(15)10(2)16-14(19)18(12)3/h4-7H,8H2,1-3H3. The second-order valence-corrected chi connectivity index (χ2v) is 5.53. The Morgan fingerprint density at radius 2 is 1.90 bits per heavy atom. The zero-order chi connectivity index (χ0) is 14.3. The van der Waals surface area contributed by atoms with Crippen LogP contribution in [0.25, 0.3) is 5.78 Å². The van der Waals surface area contributed by atoms with Crippen LogP contribution in [0.1, 0.15) is 17.1 Å². The van der Waals surface area contributed by atoms with Gasteiger partial charge in [-0.2, -0.15) is 4.52 Å². The van der Waals surface area contributed by atoms with Gasteiger partial charge < -0.3 is 4.74 Å². The summed E-state index contributed by atoms with van der Waals surface area (Å²) < 4.78 is 10.4. The number of hydrogen-bond donors (Lipinski definition) is 0. The number of imidazole rings is 1. The first kappa shape index (κ1) is 13.2. The van der Waals surface area contributed by atoms with Gasteiger partial charge >= 0.3 is 0 Å². The molecule has 0 aliphatic heterocycles. The summed E-state index contributed by atoms with van der Waals surface area (Å²) >= 11 is 3.49. The van der Waals surface area contributed by atoms with Crippen LogP contribution in [-0.2, 0) is 13.7 Å². The number of aryl methyl sites for hydroxylation is 3. The van der Waals surface area contributed by atoms with Crippen molar-refractivity contribution in [2.75, 3.05) is 0 Å². The van der Waals surface area contributed by atoms with Crippen molar-refractivity contribution in [3.05, 3.63) is 46.0 Å². The predicted octanol–water partition coefficient (Wildman–Crippen LogP) is 3.03. The van der Waals surface area contributed by atoms with E-state index in [0.29, 0.717) is 6.61 Å². The fourth-order valence-electron chi connectivity index (χ4n) is 2.00. The van der Waals surface area contributed by atoms with Gasteiger partial charge in [-0.05, 0) is 41.9 Å². The number of nitrogens with zero attached hydrogens (tertiary/aromatic N) is 4. The Morgan fingerprint density at radius 3 is 2.55 bits per heavy atom. The second-order valence-electron chi connectivity index (χ2n) is 4.78. The monoisotopic (exact) mass is 334 g/mol. The zero-order valence-corrected chi connectivity index (χ0v) is 13.2. The van der Waals surface area contributed by atoms with Gasteiger partial charge in [0.05, 0.1) is 5.69 Å². The molecule has 0 N–H and O–H groups in total. The summed E-state index contributed by atoms with van der Waals surface area (Å²) in [6.07, 6.45) is 0. The number of fused-ring (bicyclic) bond motifs is 1. The van der Waals surface area contributed by atoms with Crippen molar-refractivity contribution in [1.82, 2.24) is 19.2 Å². The van der Waals surface area contributed by atoms with Crippen LogP contribution in [0.15, 0.2) is 28.9 Å². The molecular formula is C14H15BrN4O. The van der Waals surface area contributed by atoms with Crippen LogP contribution in [0, 0.1) is 13.8 Å². The fraction of sp³-hybridized carbons (Fsp3) is 0.286. The first-order chi connectivity index (χ1) is 9.56.